The van der Waals surface area contributed by atoms with Gasteiger partial charge in [0.15, 0.2) is 0 Å². The molecule has 0 saturated heterocycles. The molecular formula is C10H11N5. The Morgan fingerprint density at radius 2 is 2.07 bits per heavy atom. The minimum Gasteiger partial charge on any atom is -0.312 e. The topological polar surface area (TPSA) is 55.6 Å². The molecule has 0 saturated carbocycles. The number of nitrogens with one attached hydrogen (secondary N) is 1. The van der Waals surface area contributed by atoms with Gasteiger partial charge in [0.05, 0.1) is 24.3 Å². The Morgan fingerprint density at radius 1 is 1.20 bits per heavy atom. The van der Waals surface area contributed by atoms with Crippen LogP contribution in [0.4, 0.5) is 0 Å². The molecule has 1 aliphatic heterocycles. The van der Waals surface area contributed by atoms with E-state index in [1.54, 1.807) is 12.4 Å². The number of rotatable bonds is 1. The van der Waals surface area contributed by atoms with Gasteiger partial charge in [0.1, 0.15) is 12.0 Å². The summed E-state index contributed by atoms with van der Waals surface area (Å²) in [6.45, 7) is 1.91. The van der Waals surface area contributed by atoms with Crippen LogP contribution in [0.2, 0.25) is 0 Å². The van der Waals surface area contributed by atoms with Crippen LogP contribution in [0.3, 0.4) is 0 Å². The number of nitrogens with zero attached hydrogens (tertiary/aromatic N) is 4. The minimum absolute atomic E-state index is 0.906. The summed E-state index contributed by atoms with van der Waals surface area (Å²) < 4.78 is 1.93. The Bertz CT molecular complexity index is 462. The van der Waals surface area contributed by atoms with Gasteiger partial charge in [0, 0.05) is 25.1 Å². The third kappa shape index (κ3) is 1.41. The van der Waals surface area contributed by atoms with Crippen LogP contribution in [0.15, 0.2) is 24.9 Å². The van der Waals surface area contributed by atoms with Crippen molar-refractivity contribution in [2.24, 2.45) is 0 Å². The van der Waals surface area contributed by atoms with E-state index in [1.165, 1.54) is 17.6 Å². The van der Waals surface area contributed by atoms with E-state index in [9.17, 15) is 0 Å². The Hall–Kier alpha value is -1.75. The molecule has 0 radical (unpaired) electrons. The Labute approximate surface area is 87.2 Å². The Balaban J connectivity index is 2.09. The molecule has 0 amide bonds. The summed E-state index contributed by atoms with van der Waals surface area (Å²) in [5.74, 6) is 0. The summed E-state index contributed by atoms with van der Waals surface area (Å²) >= 11 is 0. The second-order valence-electron chi connectivity index (χ2n) is 3.55. The van der Waals surface area contributed by atoms with E-state index in [-0.39, 0.29) is 0 Å². The van der Waals surface area contributed by atoms with Gasteiger partial charge >= 0.3 is 0 Å². The molecule has 0 unspecified atom stereocenters. The lowest BCUT2D eigenvalue weighted by molar-refractivity contribution is 0.622. The van der Waals surface area contributed by atoms with Gasteiger partial charge in [-0.05, 0) is 0 Å². The first-order valence-electron chi connectivity index (χ1n) is 4.97. The third-order valence-electron chi connectivity index (χ3n) is 2.60. The van der Waals surface area contributed by atoms with Crippen LogP contribution in [0, 0.1) is 0 Å². The van der Waals surface area contributed by atoms with E-state index in [2.05, 4.69) is 20.4 Å². The predicted octanol–water partition coefficient (Wildman–Crippen LogP) is 0.308. The van der Waals surface area contributed by atoms with Gasteiger partial charge in [-0.2, -0.15) is 5.10 Å². The first-order chi connectivity index (χ1) is 7.45. The van der Waals surface area contributed by atoms with Crippen molar-refractivity contribution in [3.63, 3.8) is 0 Å². The maximum Gasteiger partial charge on any atom is 0.115 e. The highest BCUT2D eigenvalue weighted by Gasteiger charge is 2.15. The minimum atomic E-state index is 0.906. The Kier molecular flexibility index (Phi) is 1.96. The largest absolute Gasteiger partial charge is 0.312 e. The van der Waals surface area contributed by atoms with Crippen molar-refractivity contribution in [1.82, 2.24) is 25.1 Å². The number of fused-ring (bicyclic) bond motifs is 1. The first kappa shape index (κ1) is 8.55. The molecule has 5 heteroatoms. The summed E-state index contributed by atoms with van der Waals surface area (Å²) in [5.41, 5.74) is 3.47. The lowest BCUT2D eigenvalue weighted by atomic mass is 10.1. The van der Waals surface area contributed by atoms with Gasteiger partial charge in [0.25, 0.3) is 0 Å². The summed E-state index contributed by atoms with van der Waals surface area (Å²) in [6.07, 6.45) is 8.00. The highest BCUT2D eigenvalue weighted by atomic mass is 15.3. The lowest BCUT2D eigenvalue weighted by Gasteiger charge is -2.14. The zero-order valence-electron chi connectivity index (χ0n) is 8.22. The van der Waals surface area contributed by atoms with Crippen molar-refractivity contribution in [2.45, 2.75) is 13.0 Å². The molecule has 15 heavy (non-hydrogen) atoms. The molecule has 1 N–H and O–H groups in total. The first-order valence-corrected chi connectivity index (χ1v) is 4.97. The van der Waals surface area contributed by atoms with Crippen molar-refractivity contribution in [2.75, 3.05) is 6.54 Å². The molecule has 3 rings (SSSR count). The van der Waals surface area contributed by atoms with E-state index in [0.717, 1.165) is 25.2 Å². The second-order valence-corrected chi connectivity index (χ2v) is 3.55. The molecule has 1 aliphatic rings. The fourth-order valence-electron chi connectivity index (χ4n) is 1.87. The standard InChI is InChI=1S/C10H11N5/c1-2-11-3-8-4-14-15(10(1)8)9-5-12-7-13-6-9/h4-7,11H,1-3H2. The van der Waals surface area contributed by atoms with Crippen LogP contribution in [0.1, 0.15) is 11.3 Å². The average molecular weight is 201 g/mol. The molecule has 76 valence electrons. The molecule has 0 bridgehead atoms. The number of aromatic nitrogens is 4. The molecule has 0 aliphatic carbocycles. The van der Waals surface area contributed by atoms with E-state index >= 15 is 0 Å². The average Bonchev–Trinajstić information content (AvgIpc) is 2.74. The van der Waals surface area contributed by atoms with Crippen LogP contribution in [-0.2, 0) is 13.0 Å². The Morgan fingerprint density at radius 3 is 2.93 bits per heavy atom. The molecule has 0 spiro atoms. The second kappa shape index (κ2) is 3.43. The van der Waals surface area contributed by atoms with Gasteiger partial charge in [-0.1, -0.05) is 0 Å². The summed E-state index contributed by atoms with van der Waals surface area (Å²) in [4.78, 5) is 8.00. The molecule has 2 aromatic rings. The zero-order chi connectivity index (χ0) is 10.1. The maximum atomic E-state index is 4.36. The molecule has 3 heterocycles. The number of hydrogen-bond donors (Lipinski definition) is 1. The quantitative estimate of drug-likeness (QED) is 0.721. The van der Waals surface area contributed by atoms with Gasteiger partial charge < -0.3 is 5.32 Å². The van der Waals surface area contributed by atoms with Crippen molar-refractivity contribution >= 4 is 0 Å². The monoisotopic (exact) mass is 201 g/mol. The van der Waals surface area contributed by atoms with E-state index in [4.69, 9.17) is 0 Å². The highest BCUT2D eigenvalue weighted by molar-refractivity contribution is 5.31. The van der Waals surface area contributed by atoms with Crippen LogP contribution in [0.5, 0.6) is 0 Å². The van der Waals surface area contributed by atoms with Crippen LogP contribution < -0.4 is 5.32 Å². The highest BCUT2D eigenvalue weighted by Crippen LogP contribution is 2.16. The molecular weight excluding hydrogens is 190 g/mol. The van der Waals surface area contributed by atoms with Gasteiger partial charge in [0.2, 0.25) is 0 Å². The SMILES string of the molecule is c1ncc(-n2ncc3c2CCNC3)cn1. The fraction of sp³-hybridized carbons (Fsp3) is 0.300. The van der Waals surface area contributed by atoms with Crippen molar-refractivity contribution < 1.29 is 0 Å². The van der Waals surface area contributed by atoms with Crippen LogP contribution >= 0.6 is 0 Å². The molecule has 0 atom stereocenters. The fourth-order valence-corrected chi connectivity index (χ4v) is 1.87. The summed E-state index contributed by atoms with van der Waals surface area (Å²) in [5, 5.41) is 7.69. The smallest absolute Gasteiger partial charge is 0.115 e. The van der Waals surface area contributed by atoms with Crippen molar-refractivity contribution in [1.29, 1.82) is 0 Å². The summed E-state index contributed by atoms with van der Waals surface area (Å²) in [7, 11) is 0. The molecule has 0 aromatic carbocycles. The normalized spacial score (nSPS) is 14.9. The van der Waals surface area contributed by atoms with E-state index < -0.39 is 0 Å². The van der Waals surface area contributed by atoms with Gasteiger partial charge in [-0.15, -0.1) is 0 Å². The van der Waals surface area contributed by atoms with Crippen molar-refractivity contribution in [3.05, 3.63) is 36.2 Å². The predicted molar refractivity (Wildman–Crippen MR) is 54.6 cm³/mol. The van der Waals surface area contributed by atoms with E-state index in [0.29, 0.717) is 0 Å². The van der Waals surface area contributed by atoms with Gasteiger partial charge in [-0.3, -0.25) is 0 Å². The molecule has 5 nitrogen and oxygen atoms in total. The van der Waals surface area contributed by atoms with Crippen LogP contribution in [0.25, 0.3) is 5.69 Å². The third-order valence-corrected chi connectivity index (χ3v) is 2.60. The summed E-state index contributed by atoms with van der Waals surface area (Å²) in [6, 6.07) is 0. The molecule has 0 fully saturated rings. The van der Waals surface area contributed by atoms with E-state index in [1.807, 2.05) is 10.9 Å². The molecule has 2 aromatic heterocycles. The maximum absolute atomic E-state index is 4.36. The lowest BCUT2D eigenvalue weighted by Crippen LogP contribution is -2.24. The van der Waals surface area contributed by atoms with Gasteiger partial charge in [-0.25, -0.2) is 14.6 Å². The zero-order valence-corrected chi connectivity index (χ0v) is 8.22. The number of hydrogen-bond acceptors (Lipinski definition) is 4. The van der Waals surface area contributed by atoms with Crippen molar-refractivity contribution in [3.8, 4) is 5.69 Å². The van der Waals surface area contributed by atoms with Crippen LogP contribution in [-0.4, -0.2) is 26.3 Å².